The maximum Gasteiger partial charge on any atom is 0.231 e. The number of ether oxygens (including phenoxy) is 2. The summed E-state index contributed by atoms with van der Waals surface area (Å²) in [6, 6.07) is 17.0. The summed E-state index contributed by atoms with van der Waals surface area (Å²) in [5.41, 5.74) is 1.77. The van der Waals surface area contributed by atoms with Crippen LogP contribution >= 0.6 is 0 Å². The minimum absolute atomic E-state index is 0.0250. The van der Waals surface area contributed by atoms with Crippen molar-refractivity contribution in [1.82, 2.24) is 25.1 Å². The molecule has 0 fully saturated rings. The molecule has 2 aromatic heterocycles. The fourth-order valence-electron chi connectivity index (χ4n) is 2.99. The molecule has 158 valence electrons. The molecule has 0 bridgehead atoms. The average molecular weight is 421 g/mol. The second-order valence-electron chi connectivity index (χ2n) is 6.66. The highest BCUT2D eigenvalue weighted by atomic mass is 19.1. The molecule has 0 radical (unpaired) electrons. The van der Waals surface area contributed by atoms with E-state index in [4.69, 9.17) is 9.47 Å². The quantitative estimate of drug-likeness (QED) is 0.440. The van der Waals surface area contributed by atoms with Gasteiger partial charge in [-0.1, -0.05) is 18.2 Å². The lowest BCUT2D eigenvalue weighted by Crippen LogP contribution is -2.29. The smallest absolute Gasteiger partial charge is 0.231 e. The molecule has 0 atom stereocenters. The summed E-state index contributed by atoms with van der Waals surface area (Å²) in [5, 5.41) is 15.4. The molecule has 0 unspecified atom stereocenters. The van der Waals surface area contributed by atoms with E-state index >= 15 is 0 Å². The Labute approximate surface area is 177 Å². The molecule has 2 heterocycles. The Morgan fingerprint density at radius 1 is 1.06 bits per heavy atom. The first kappa shape index (κ1) is 20.3. The zero-order valence-electron chi connectivity index (χ0n) is 16.8. The lowest BCUT2D eigenvalue weighted by molar-refractivity contribution is -0.120. The molecule has 9 heteroatoms. The number of carbonyl (C=O) groups is 1. The van der Waals surface area contributed by atoms with Gasteiger partial charge in [0, 0.05) is 11.6 Å². The molecule has 0 saturated carbocycles. The molecular formula is C22H20FN5O3. The summed E-state index contributed by atoms with van der Waals surface area (Å²) < 4.78 is 26.0. The second kappa shape index (κ2) is 9.21. The maximum absolute atomic E-state index is 13.6. The molecule has 31 heavy (non-hydrogen) atoms. The zero-order chi connectivity index (χ0) is 21.6. The van der Waals surface area contributed by atoms with Crippen molar-refractivity contribution in [3.05, 3.63) is 72.0 Å². The van der Waals surface area contributed by atoms with Gasteiger partial charge in [0.05, 0.1) is 20.1 Å². The Kier molecular flexibility index (Phi) is 6.02. The molecule has 0 spiro atoms. The van der Waals surface area contributed by atoms with Gasteiger partial charge in [-0.15, -0.1) is 15.3 Å². The van der Waals surface area contributed by atoms with Gasteiger partial charge < -0.3 is 14.8 Å². The van der Waals surface area contributed by atoms with E-state index in [1.54, 1.807) is 42.0 Å². The number of benzene rings is 2. The molecule has 0 aliphatic carbocycles. The number of halogens is 1. The van der Waals surface area contributed by atoms with Crippen LogP contribution in [0.4, 0.5) is 4.39 Å². The lowest BCUT2D eigenvalue weighted by atomic mass is 10.1. The van der Waals surface area contributed by atoms with E-state index < -0.39 is 5.82 Å². The first-order valence-corrected chi connectivity index (χ1v) is 9.64. The van der Waals surface area contributed by atoms with Gasteiger partial charge in [-0.25, -0.2) is 4.39 Å². The van der Waals surface area contributed by atoms with Crippen LogP contribution in [-0.4, -0.2) is 46.0 Å². The van der Waals surface area contributed by atoms with Crippen molar-refractivity contribution in [2.45, 2.75) is 6.42 Å². The van der Waals surface area contributed by atoms with Crippen molar-refractivity contribution in [2.24, 2.45) is 0 Å². The van der Waals surface area contributed by atoms with Gasteiger partial charge in [-0.05, 0) is 42.0 Å². The van der Waals surface area contributed by atoms with Crippen LogP contribution in [0.25, 0.3) is 17.0 Å². The van der Waals surface area contributed by atoms with Crippen LogP contribution in [0.1, 0.15) is 5.56 Å². The van der Waals surface area contributed by atoms with E-state index in [0.717, 1.165) is 11.3 Å². The third-order valence-electron chi connectivity index (χ3n) is 4.57. The molecule has 8 nitrogen and oxygen atoms in total. The Bertz CT molecular complexity index is 1190. The normalized spacial score (nSPS) is 10.8. The Morgan fingerprint density at radius 2 is 1.87 bits per heavy atom. The van der Waals surface area contributed by atoms with Crippen molar-refractivity contribution in [3.8, 4) is 23.0 Å². The number of carbonyl (C=O) groups excluding carboxylic acids is 1. The van der Waals surface area contributed by atoms with Gasteiger partial charge in [-0.2, -0.15) is 4.52 Å². The number of methoxy groups -OCH3 is 1. The number of aromatic nitrogens is 4. The maximum atomic E-state index is 13.6. The number of nitrogens with one attached hydrogen (secondary N) is 1. The van der Waals surface area contributed by atoms with Crippen LogP contribution in [0.15, 0.2) is 60.7 Å². The largest absolute Gasteiger partial charge is 0.497 e. The van der Waals surface area contributed by atoms with Crippen LogP contribution in [0.5, 0.6) is 11.6 Å². The van der Waals surface area contributed by atoms with Crippen molar-refractivity contribution >= 4 is 11.6 Å². The molecule has 2 aromatic carbocycles. The van der Waals surface area contributed by atoms with Crippen molar-refractivity contribution in [3.63, 3.8) is 0 Å². The number of nitrogens with zero attached hydrogens (tertiary/aromatic N) is 4. The van der Waals surface area contributed by atoms with E-state index in [2.05, 4.69) is 20.6 Å². The zero-order valence-corrected chi connectivity index (χ0v) is 16.8. The van der Waals surface area contributed by atoms with Crippen LogP contribution in [0, 0.1) is 5.82 Å². The van der Waals surface area contributed by atoms with Gasteiger partial charge in [0.2, 0.25) is 11.8 Å². The number of hydrogen-bond donors (Lipinski definition) is 1. The summed E-state index contributed by atoms with van der Waals surface area (Å²) >= 11 is 0. The van der Waals surface area contributed by atoms with Crippen LogP contribution in [0.3, 0.4) is 0 Å². The molecule has 4 aromatic rings. The number of rotatable bonds is 8. The first-order valence-electron chi connectivity index (χ1n) is 9.64. The fraction of sp³-hybridized carbons (Fsp3) is 0.182. The van der Waals surface area contributed by atoms with Crippen LogP contribution in [-0.2, 0) is 11.2 Å². The molecular weight excluding hydrogens is 401 g/mol. The minimum Gasteiger partial charge on any atom is -0.497 e. The summed E-state index contributed by atoms with van der Waals surface area (Å²) in [4.78, 5) is 12.0. The van der Waals surface area contributed by atoms with Crippen LogP contribution < -0.4 is 14.8 Å². The van der Waals surface area contributed by atoms with Gasteiger partial charge in [0.15, 0.2) is 11.5 Å². The third kappa shape index (κ3) is 4.77. The predicted octanol–water partition coefficient (Wildman–Crippen LogP) is 2.68. The Balaban J connectivity index is 1.35. The first-order chi connectivity index (χ1) is 15.1. The minimum atomic E-state index is -0.395. The SMILES string of the molecule is COc1ccc(-c2nnc3ccc(OCCNC(=O)Cc4ccccc4F)nn23)cc1. The predicted molar refractivity (Wildman–Crippen MR) is 111 cm³/mol. The Hall–Kier alpha value is -4.01. The van der Waals surface area contributed by atoms with E-state index in [1.807, 2.05) is 24.3 Å². The molecule has 0 aliphatic rings. The highest BCUT2D eigenvalue weighted by Gasteiger charge is 2.11. The molecule has 4 rings (SSSR count). The van der Waals surface area contributed by atoms with E-state index in [0.29, 0.717) is 22.9 Å². The molecule has 0 aliphatic heterocycles. The third-order valence-corrected chi connectivity index (χ3v) is 4.57. The summed E-state index contributed by atoms with van der Waals surface area (Å²) in [5.74, 6) is 1.00. The molecule has 1 amide bonds. The van der Waals surface area contributed by atoms with Crippen molar-refractivity contribution in [2.75, 3.05) is 20.3 Å². The van der Waals surface area contributed by atoms with Gasteiger partial charge in [0.25, 0.3) is 0 Å². The van der Waals surface area contributed by atoms with Crippen molar-refractivity contribution < 1.29 is 18.7 Å². The Morgan fingerprint density at radius 3 is 2.65 bits per heavy atom. The average Bonchev–Trinajstić information content (AvgIpc) is 3.22. The summed E-state index contributed by atoms with van der Waals surface area (Å²) in [6.07, 6.45) is -0.0250. The highest BCUT2D eigenvalue weighted by Crippen LogP contribution is 2.21. The van der Waals surface area contributed by atoms with Crippen LogP contribution in [0.2, 0.25) is 0 Å². The van der Waals surface area contributed by atoms with E-state index in [9.17, 15) is 9.18 Å². The second-order valence-corrected chi connectivity index (χ2v) is 6.66. The van der Waals surface area contributed by atoms with E-state index in [1.165, 1.54) is 6.07 Å². The molecule has 1 N–H and O–H groups in total. The van der Waals surface area contributed by atoms with Crippen molar-refractivity contribution in [1.29, 1.82) is 0 Å². The van der Waals surface area contributed by atoms with Gasteiger partial charge >= 0.3 is 0 Å². The highest BCUT2D eigenvalue weighted by molar-refractivity contribution is 5.78. The van der Waals surface area contributed by atoms with Gasteiger partial charge in [-0.3, -0.25) is 4.79 Å². The standard InChI is InChI=1S/C22H20FN5O3/c1-30-17-8-6-15(7-9-17)22-26-25-19-10-11-21(27-28(19)22)31-13-12-24-20(29)14-16-4-2-3-5-18(16)23/h2-11H,12-14H2,1H3,(H,24,29). The van der Waals surface area contributed by atoms with Gasteiger partial charge in [0.1, 0.15) is 18.2 Å². The monoisotopic (exact) mass is 421 g/mol. The molecule has 0 saturated heterocycles. The van der Waals surface area contributed by atoms with E-state index in [-0.39, 0.29) is 25.5 Å². The fourth-order valence-corrected chi connectivity index (χ4v) is 2.99. The summed E-state index contributed by atoms with van der Waals surface area (Å²) in [7, 11) is 1.61. The number of amides is 1. The number of hydrogen-bond acceptors (Lipinski definition) is 6. The summed E-state index contributed by atoms with van der Waals surface area (Å²) in [6.45, 7) is 0.474. The lowest BCUT2D eigenvalue weighted by Gasteiger charge is -2.08. The topological polar surface area (TPSA) is 90.6 Å². The number of fused-ring (bicyclic) bond motifs is 1.